The van der Waals surface area contributed by atoms with E-state index in [4.69, 9.17) is 9.47 Å². The van der Waals surface area contributed by atoms with Crippen molar-refractivity contribution in [2.24, 2.45) is 4.99 Å². The number of rotatable bonds is 8. The van der Waals surface area contributed by atoms with Gasteiger partial charge >= 0.3 is 0 Å². The number of halogens is 1. The molecule has 0 aromatic heterocycles. The molecule has 1 heterocycles. The molecular weight excluding hydrogens is 495 g/mol. The van der Waals surface area contributed by atoms with Gasteiger partial charge in [0.25, 0.3) is 0 Å². The molecule has 0 amide bonds. The Balaban J connectivity index is 0.00000392. The summed E-state index contributed by atoms with van der Waals surface area (Å²) in [5.41, 5.74) is 1.01. The zero-order chi connectivity index (χ0) is 19.9. The Morgan fingerprint density at radius 3 is 2.64 bits per heavy atom. The van der Waals surface area contributed by atoms with Gasteiger partial charge in [0.15, 0.2) is 5.96 Å². The molecule has 0 atom stereocenters. The quantitative estimate of drug-likeness (QED) is 0.316. The third-order valence-electron chi connectivity index (χ3n) is 4.41. The Morgan fingerprint density at radius 2 is 2.07 bits per heavy atom. The molecule has 0 unspecified atom stereocenters. The van der Waals surface area contributed by atoms with Crippen LogP contribution in [0.2, 0.25) is 0 Å². The summed E-state index contributed by atoms with van der Waals surface area (Å²) in [7, 11) is 2.12. The predicted octanol–water partition coefficient (Wildman–Crippen LogP) is 1.75. The highest BCUT2D eigenvalue weighted by Gasteiger charge is 2.27. The topological polar surface area (TPSA) is 83.5 Å². The second kappa shape index (κ2) is 11.7. The van der Waals surface area contributed by atoms with Crippen LogP contribution < -0.4 is 14.8 Å². The van der Waals surface area contributed by atoms with Gasteiger partial charge in [-0.15, -0.1) is 24.0 Å². The van der Waals surface area contributed by atoms with E-state index in [1.807, 2.05) is 37.1 Å². The SMILES string of the molecule is CCNC(=NCCN1CCCS1(=O)=O)N(C)Cc1ccc(OC)cc1OC.I. The van der Waals surface area contributed by atoms with Crippen molar-refractivity contribution in [2.45, 2.75) is 19.9 Å². The van der Waals surface area contributed by atoms with Gasteiger partial charge in [-0.2, -0.15) is 0 Å². The maximum absolute atomic E-state index is 11.9. The summed E-state index contributed by atoms with van der Waals surface area (Å²) in [6, 6.07) is 5.72. The largest absolute Gasteiger partial charge is 0.497 e. The Hall–Kier alpha value is -1.27. The van der Waals surface area contributed by atoms with Crippen molar-refractivity contribution in [3.63, 3.8) is 0 Å². The Morgan fingerprint density at radius 1 is 1.32 bits per heavy atom. The van der Waals surface area contributed by atoms with Crippen molar-refractivity contribution in [3.05, 3.63) is 23.8 Å². The zero-order valence-corrected chi connectivity index (χ0v) is 20.1. The molecule has 1 fully saturated rings. The summed E-state index contributed by atoms with van der Waals surface area (Å²) in [6.45, 7) is 4.75. The number of guanidine groups is 1. The summed E-state index contributed by atoms with van der Waals surface area (Å²) in [5.74, 6) is 2.46. The van der Waals surface area contributed by atoms with Crippen LogP contribution in [-0.2, 0) is 16.6 Å². The van der Waals surface area contributed by atoms with E-state index in [0.717, 1.165) is 29.6 Å². The highest BCUT2D eigenvalue weighted by atomic mass is 127. The van der Waals surface area contributed by atoms with E-state index in [1.54, 1.807) is 14.2 Å². The molecule has 0 radical (unpaired) electrons. The first kappa shape index (κ1) is 24.8. The Bertz CT molecular complexity index is 758. The van der Waals surface area contributed by atoms with E-state index in [9.17, 15) is 8.42 Å². The minimum absolute atomic E-state index is 0. The van der Waals surface area contributed by atoms with Crippen LogP contribution in [0.3, 0.4) is 0 Å². The van der Waals surface area contributed by atoms with Gasteiger partial charge in [-0.3, -0.25) is 4.99 Å². The number of hydrogen-bond acceptors (Lipinski definition) is 5. The van der Waals surface area contributed by atoms with Crippen LogP contribution >= 0.6 is 24.0 Å². The van der Waals surface area contributed by atoms with Crippen LogP contribution in [0, 0.1) is 0 Å². The van der Waals surface area contributed by atoms with E-state index in [0.29, 0.717) is 32.6 Å². The van der Waals surface area contributed by atoms with Gasteiger partial charge in [-0.05, 0) is 25.5 Å². The lowest BCUT2D eigenvalue weighted by Gasteiger charge is -2.23. The number of ether oxygens (including phenoxy) is 2. The highest BCUT2D eigenvalue weighted by Crippen LogP contribution is 2.25. The number of nitrogens with one attached hydrogen (secondary N) is 1. The maximum Gasteiger partial charge on any atom is 0.214 e. The summed E-state index contributed by atoms with van der Waals surface area (Å²) >= 11 is 0. The minimum atomic E-state index is -3.08. The van der Waals surface area contributed by atoms with Crippen molar-refractivity contribution in [1.82, 2.24) is 14.5 Å². The van der Waals surface area contributed by atoms with Crippen molar-refractivity contribution in [3.8, 4) is 11.5 Å². The van der Waals surface area contributed by atoms with E-state index in [-0.39, 0.29) is 29.7 Å². The summed E-state index contributed by atoms with van der Waals surface area (Å²) in [4.78, 5) is 6.58. The third kappa shape index (κ3) is 6.66. The molecule has 0 spiro atoms. The van der Waals surface area contributed by atoms with Gasteiger partial charge in [-0.1, -0.05) is 0 Å². The lowest BCUT2D eigenvalue weighted by atomic mass is 10.2. The molecule has 1 aliphatic rings. The van der Waals surface area contributed by atoms with E-state index in [1.165, 1.54) is 4.31 Å². The second-order valence-corrected chi connectivity index (χ2v) is 8.43. The number of methoxy groups -OCH3 is 2. The Kier molecular flexibility index (Phi) is 10.3. The summed E-state index contributed by atoms with van der Waals surface area (Å²) < 4.78 is 36.0. The van der Waals surface area contributed by atoms with Crippen LogP contribution in [0.15, 0.2) is 23.2 Å². The van der Waals surface area contributed by atoms with Crippen LogP contribution in [-0.4, -0.2) is 76.8 Å². The van der Waals surface area contributed by atoms with Gasteiger partial charge in [0, 0.05) is 44.9 Å². The first-order chi connectivity index (χ1) is 12.9. The average Bonchev–Trinajstić information content (AvgIpc) is 2.99. The fourth-order valence-corrected chi connectivity index (χ4v) is 4.51. The summed E-state index contributed by atoms with van der Waals surface area (Å²) in [5, 5.41) is 3.25. The molecule has 8 nitrogen and oxygen atoms in total. The van der Waals surface area contributed by atoms with Crippen LogP contribution in [0.1, 0.15) is 18.9 Å². The maximum atomic E-state index is 11.9. The molecule has 0 aliphatic carbocycles. The van der Waals surface area contributed by atoms with Crippen molar-refractivity contribution >= 4 is 40.0 Å². The smallest absolute Gasteiger partial charge is 0.214 e. The highest BCUT2D eigenvalue weighted by molar-refractivity contribution is 14.0. The fourth-order valence-electron chi connectivity index (χ4n) is 2.99. The molecular formula is C18H31IN4O4S. The van der Waals surface area contributed by atoms with Crippen LogP contribution in [0.4, 0.5) is 0 Å². The molecule has 0 saturated carbocycles. The van der Waals surface area contributed by atoms with Gasteiger partial charge in [0.1, 0.15) is 11.5 Å². The molecule has 160 valence electrons. The normalized spacial score (nSPS) is 16.4. The van der Waals surface area contributed by atoms with Crippen LogP contribution in [0.25, 0.3) is 0 Å². The number of nitrogens with zero attached hydrogens (tertiary/aromatic N) is 3. The first-order valence-corrected chi connectivity index (χ1v) is 10.7. The molecule has 28 heavy (non-hydrogen) atoms. The molecule has 1 aliphatic heterocycles. The zero-order valence-electron chi connectivity index (χ0n) is 17.0. The number of aliphatic imine (C=N–C) groups is 1. The molecule has 10 heteroatoms. The molecule has 2 rings (SSSR count). The Labute approximate surface area is 185 Å². The number of hydrogen-bond donors (Lipinski definition) is 1. The van der Waals surface area contributed by atoms with E-state index < -0.39 is 10.0 Å². The minimum Gasteiger partial charge on any atom is -0.497 e. The fraction of sp³-hybridized carbons (Fsp3) is 0.611. The van der Waals surface area contributed by atoms with Crippen LogP contribution in [0.5, 0.6) is 11.5 Å². The summed E-state index contributed by atoms with van der Waals surface area (Å²) in [6.07, 6.45) is 0.698. The van der Waals surface area contributed by atoms with Gasteiger partial charge in [0.05, 0.1) is 26.5 Å². The number of benzene rings is 1. The second-order valence-electron chi connectivity index (χ2n) is 6.34. The van der Waals surface area contributed by atoms with Crippen molar-refractivity contribution in [1.29, 1.82) is 0 Å². The van der Waals surface area contributed by atoms with E-state index >= 15 is 0 Å². The van der Waals surface area contributed by atoms with Gasteiger partial charge < -0.3 is 19.7 Å². The molecule has 1 N–H and O–H groups in total. The van der Waals surface area contributed by atoms with Crippen molar-refractivity contribution in [2.75, 3.05) is 53.2 Å². The molecule has 0 bridgehead atoms. The predicted molar refractivity (Wildman–Crippen MR) is 122 cm³/mol. The molecule has 1 aromatic rings. The number of sulfonamides is 1. The lowest BCUT2D eigenvalue weighted by Crippen LogP contribution is -2.39. The van der Waals surface area contributed by atoms with E-state index in [2.05, 4.69) is 10.3 Å². The van der Waals surface area contributed by atoms with Gasteiger partial charge in [-0.25, -0.2) is 12.7 Å². The molecule has 1 saturated heterocycles. The average molecular weight is 526 g/mol. The van der Waals surface area contributed by atoms with Gasteiger partial charge in [0.2, 0.25) is 10.0 Å². The standard InChI is InChI=1S/C18H30N4O4S.HI/c1-5-19-18(20-9-11-22-10-6-12-27(22,23)24)21(2)14-15-7-8-16(25-3)13-17(15)26-4;/h7-8,13H,5-6,9-12,14H2,1-4H3,(H,19,20);1H. The lowest BCUT2D eigenvalue weighted by molar-refractivity contribution is 0.382. The third-order valence-corrected chi connectivity index (χ3v) is 6.37. The first-order valence-electron chi connectivity index (χ1n) is 9.09. The molecule has 1 aromatic carbocycles. The van der Waals surface area contributed by atoms with Crippen molar-refractivity contribution < 1.29 is 17.9 Å². The monoisotopic (exact) mass is 526 g/mol.